The van der Waals surface area contributed by atoms with Gasteiger partial charge in [0.05, 0.1) is 6.54 Å². The first-order valence-electron chi connectivity index (χ1n) is 6.68. The molecule has 1 amide bonds. The molecule has 0 spiro atoms. The van der Waals surface area contributed by atoms with Gasteiger partial charge in [0.1, 0.15) is 0 Å². The smallest absolute Gasteiger partial charge is 0.234 e. The summed E-state index contributed by atoms with van der Waals surface area (Å²) in [6.45, 7) is 5.04. The highest BCUT2D eigenvalue weighted by Crippen LogP contribution is 2.21. The highest BCUT2D eigenvalue weighted by atomic mass is 16.2. The monoisotopic (exact) mass is 264 g/mol. The van der Waals surface area contributed by atoms with Crippen LogP contribution in [0.25, 0.3) is 0 Å². The number of nitrogens with one attached hydrogen (secondary N) is 1. The van der Waals surface area contributed by atoms with Crippen molar-refractivity contribution in [1.29, 1.82) is 0 Å². The zero-order chi connectivity index (χ0) is 14.3. The second-order valence-electron chi connectivity index (χ2n) is 4.85. The Kier molecular flexibility index (Phi) is 6.45. The number of hydrogen-bond donors (Lipinski definition) is 2. The molecule has 106 valence electrons. The average molecular weight is 264 g/mol. The summed E-state index contributed by atoms with van der Waals surface area (Å²) in [6, 6.07) is 3.82. The summed E-state index contributed by atoms with van der Waals surface area (Å²) < 4.78 is 0. The van der Waals surface area contributed by atoms with Gasteiger partial charge in [-0.3, -0.25) is 14.7 Å². The lowest BCUT2D eigenvalue weighted by molar-refractivity contribution is -0.122. The zero-order valence-electron chi connectivity index (χ0n) is 12.0. The van der Waals surface area contributed by atoms with E-state index in [-0.39, 0.29) is 18.0 Å². The van der Waals surface area contributed by atoms with Gasteiger partial charge in [-0.25, -0.2) is 0 Å². The lowest BCUT2D eigenvalue weighted by Crippen LogP contribution is -2.42. The maximum atomic E-state index is 11.8. The Labute approximate surface area is 115 Å². The third-order valence-electron chi connectivity index (χ3n) is 2.99. The zero-order valence-corrected chi connectivity index (χ0v) is 12.0. The molecule has 1 aromatic heterocycles. The topological polar surface area (TPSA) is 71.2 Å². The number of carbonyl (C=O) groups is 1. The molecule has 2 atom stereocenters. The van der Waals surface area contributed by atoms with Gasteiger partial charge in [-0.05, 0) is 38.1 Å². The highest BCUT2D eigenvalue weighted by Gasteiger charge is 2.22. The quantitative estimate of drug-likeness (QED) is 0.768. The van der Waals surface area contributed by atoms with Gasteiger partial charge in [0, 0.05) is 31.0 Å². The van der Waals surface area contributed by atoms with E-state index < -0.39 is 0 Å². The standard InChI is InChI=1S/C14H24N4O/c1-4-7-17-13(19)10-18(3)14(11(2)15)12-5-8-16-9-6-12/h5-6,8-9,11,14H,4,7,10,15H2,1-3H3,(H,17,19). The maximum absolute atomic E-state index is 11.8. The Morgan fingerprint density at radius 1 is 1.47 bits per heavy atom. The molecule has 1 rings (SSSR count). The molecule has 0 fully saturated rings. The van der Waals surface area contributed by atoms with Gasteiger partial charge in [-0.1, -0.05) is 6.92 Å². The Morgan fingerprint density at radius 3 is 2.63 bits per heavy atom. The normalized spacial score (nSPS) is 14.2. The minimum absolute atomic E-state index is 0.00961. The van der Waals surface area contributed by atoms with Crippen molar-refractivity contribution in [3.8, 4) is 0 Å². The molecule has 0 aliphatic heterocycles. The molecule has 0 aliphatic carbocycles. The van der Waals surface area contributed by atoms with Crippen LogP contribution in [0.4, 0.5) is 0 Å². The first-order chi connectivity index (χ1) is 9.06. The summed E-state index contributed by atoms with van der Waals surface area (Å²) in [6.07, 6.45) is 4.43. The minimum atomic E-state index is -0.0635. The molecule has 1 heterocycles. The maximum Gasteiger partial charge on any atom is 0.234 e. The molecule has 0 saturated carbocycles. The van der Waals surface area contributed by atoms with E-state index in [0.29, 0.717) is 13.1 Å². The van der Waals surface area contributed by atoms with Crippen molar-refractivity contribution < 1.29 is 4.79 Å². The van der Waals surface area contributed by atoms with E-state index in [9.17, 15) is 4.79 Å². The van der Waals surface area contributed by atoms with E-state index in [1.807, 2.05) is 37.9 Å². The molecule has 0 radical (unpaired) electrons. The van der Waals surface area contributed by atoms with E-state index in [4.69, 9.17) is 5.73 Å². The van der Waals surface area contributed by atoms with Crippen LogP contribution in [0.3, 0.4) is 0 Å². The summed E-state index contributed by atoms with van der Waals surface area (Å²) in [5, 5.41) is 2.87. The van der Waals surface area contributed by atoms with Crippen molar-refractivity contribution in [3.05, 3.63) is 30.1 Å². The lowest BCUT2D eigenvalue weighted by Gasteiger charge is -2.30. The fraction of sp³-hybridized carbons (Fsp3) is 0.571. The second-order valence-corrected chi connectivity index (χ2v) is 4.85. The number of rotatable bonds is 7. The molecule has 0 aliphatic rings. The summed E-state index contributed by atoms with van der Waals surface area (Å²) in [5.74, 6) is 0.0315. The Hall–Kier alpha value is -1.46. The fourth-order valence-corrected chi connectivity index (χ4v) is 2.17. The SMILES string of the molecule is CCCNC(=O)CN(C)C(c1ccncc1)C(C)N. The predicted molar refractivity (Wildman–Crippen MR) is 76.6 cm³/mol. The molecule has 0 aromatic carbocycles. The number of amides is 1. The van der Waals surface area contributed by atoms with Crippen LogP contribution in [0.5, 0.6) is 0 Å². The van der Waals surface area contributed by atoms with Crippen molar-refractivity contribution in [1.82, 2.24) is 15.2 Å². The molecule has 5 heteroatoms. The highest BCUT2D eigenvalue weighted by molar-refractivity contribution is 5.78. The lowest BCUT2D eigenvalue weighted by atomic mass is 10.0. The van der Waals surface area contributed by atoms with Crippen LogP contribution >= 0.6 is 0 Å². The van der Waals surface area contributed by atoms with Gasteiger partial charge in [-0.15, -0.1) is 0 Å². The van der Waals surface area contributed by atoms with Crippen LogP contribution in [0, 0.1) is 0 Å². The number of nitrogens with two attached hydrogens (primary N) is 1. The van der Waals surface area contributed by atoms with E-state index >= 15 is 0 Å². The Balaban J connectivity index is 2.69. The molecule has 0 saturated heterocycles. The van der Waals surface area contributed by atoms with Crippen molar-refractivity contribution in [2.45, 2.75) is 32.4 Å². The minimum Gasteiger partial charge on any atom is -0.355 e. The van der Waals surface area contributed by atoms with E-state index in [2.05, 4.69) is 10.3 Å². The van der Waals surface area contributed by atoms with Crippen molar-refractivity contribution in [3.63, 3.8) is 0 Å². The Bertz CT molecular complexity index is 380. The van der Waals surface area contributed by atoms with E-state index in [1.165, 1.54) is 0 Å². The molecule has 2 unspecified atom stereocenters. The summed E-state index contributed by atoms with van der Waals surface area (Å²) in [4.78, 5) is 17.8. The first-order valence-corrected chi connectivity index (χ1v) is 6.68. The van der Waals surface area contributed by atoms with Crippen LogP contribution in [0.1, 0.15) is 31.9 Å². The van der Waals surface area contributed by atoms with Crippen LogP contribution in [0.2, 0.25) is 0 Å². The van der Waals surface area contributed by atoms with Gasteiger partial charge >= 0.3 is 0 Å². The molecule has 0 bridgehead atoms. The van der Waals surface area contributed by atoms with Gasteiger partial charge < -0.3 is 11.1 Å². The number of pyridine rings is 1. The largest absolute Gasteiger partial charge is 0.355 e. The van der Waals surface area contributed by atoms with E-state index in [0.717, 1.165) is 12.0 Å². The van der Waals surface area contributed by atoms with Gasteiger partial charge in [0.15, 0.2) is 0 Å². The predicted octanol–water partition coefficient (Wildman–Crippen LogP) is 0.928. The summed E-state index contributed by atoms with van der Waals surface area (Å²) in [7, 11) is 1.92. The van der Waals surface area contributed by atoms with E-state index in [1.54, 1.807) is 12.4 Å². The molecule has 19 heavy (non-hydrogen) atoms. The number of nitrogens with zero attached hydrogens (tertiary/aromatic N) is 2. The Morgan fingerprint density at radius 2 is 2.11 bits per heavy atom. The first kappa shape index (κ1) is 15.6. The van der Waals surface area contributed by atoms with Gasteiger partial charge in [0.25, 0.3) is 0 Å². The van der Waals surface area contributed by atoms with Crippen molar-refractivity contribution in [2.24, 2.45) is 5.73 Å². The summed E-state index contributed by atoms with van der Waals surface area (Å²) in [5.41, 5.74) is 7.13. The van der Waals surface area contributed by atoms with Crippen LogP contribution < -0.4 is 11.1 Å². The van der Waals surface area contributed by atoms with Crippen LogP contribution in [-0.2, 0) is 4.79 Å². The van der Waals surface area contributed by atoms with Crippen molar-refractivity contribution in [2.75, 3.05) is 20.1 Å². The molecule has 3 N–H and O–H groups in total. The van der Waals surface area contributed by atoms with Gasteiger partial charge in [0.2, 0.25) is 5.91 Å². The third-order valence-corrected chi connectivity index (χ3v) is 2.99. The number of likely N-dealkylation sites (N-methyl/N-ethyl adjacent to an activating group) is 1. The molecular formula is C14H24N4O. The molecule has 1 aromatic rings. The van der Waals surface area contributed by atoms with Crippen molar-refractivity contribution >= 4 is 5.91 Å². The number of carbonyl (C=O) groups excluding carboxylic acids is 1. The fourth-order valence-electron chi connectivity index (χ4n) is 2.17. The third kappa shape index (κ3) is 4.96. The van der Waals surface area contributed by atoms with Gasteiger partial charge in [-0.2, -0.15) is 0 Å². The average Bonchev–Trinajstić information content (AvgIpc) is 2.37. The number of hydrogen-bond acceptors (Lipinski definition) is 4. The summed E-state index contributed by atoms with van der Waals surface area (Å²) >= 11 is 0. The molecular weight excluding hydrogens is 240 g/mol. The van der Waals surface area contributed by atoms with Crippen LogP contribution in [0.15, 0.2) is 24.5 Å². The molecule has 5 nitrogen and oxygen atoms in total. The number of aromatic nitrogens is 1. The van der Waals surface area contributed by atoms with Crippen LogP contribution in [-0.4, -0.2) is 42.0 Å². The second kappa shape index (κ2) is 7.86.